The molecule has 6 heteroatoms. The third-order valence-electron chi connectivity index (χ3n) is 5.61. The van der Waals surface area contributed by atoms with Crippen molar-refractivity contribution in [1.29, 1.82) is 0 Å². The first-order valence-corrected chi connectivity index (χ1v) is 9.69. The Morgan fingerprint density at radius 2 is 1.59 bits per heavy atom. The molecule has 1 aliphatic rings. The van der Waals surface area contributed by atoms with E-state index in [1.54, 1.807) is 27.4 Å². The van der Waals surface area contributed by atoms with E-state index in [1.165, 1.54) is 32.1 Å². The van der Waals surface area contributed by atoms with E-state index in [0.717, 1.165) is 18.2 Å². The molecule has 2 aromatic rings. The van der Waals surface area contributed by atoms with Crippen LogP contribution in [0.2, 0.25) is 0 Å². The number of nitrogens with one attached hydrogen (secondary N) is 1. The van der Waals surface area contributed by atoms with Gasteiger partial charge in [0.2, 0.25) is 0 Å². The fourth-order valence-corrected chi connectivity index (χ4v) is 4.03. The number of aromatic amines is 1. The Balaban J connectivity index is 1.94. The van der Waals surface area contributed by atoms with Gasteiger partial charge in [-0.2, -0.15) is 0 Å². The van der Waals surface area contributed by atoms with Crippen LogP contribution < -0.4 is 14.2 Å². The lowest BCUT2D eigenvalue weighted by molar-refractivity contribution is 0.0702. The highest BCUT2D eigenvalue weighted by molar-refractivity contribution is 6.02. The maximum atomic E-state index is 13.1. The van der Waals surface area contributed by atoms with Gasteiger partial charge in [0.05, 0.1) is 26.8 Å². The van der Waals surface area contributed by atoms with Gasteiger partial charge >= 0.3 is 0 Å². The third-order valence-corrected chi connectivity index (χ3v) is 5.61. The number of amides is 1. The highest BCUT2D eigenvalue weighted by Gasteiger charge is 2.25. The minimum absolute atomic E-state index is 0.000142. The molecule has 0 unspecified atom stereocenters. The Morgan fingerprint density at radius 3 is 2.19 bits per heavy atom. The van der Waals surface area contributed by atoms with Crippen LogP contribution >= 0.6 is 0 Å². The molecular weight excluding hydrogens is 344 g/mol. The monoisotopic (exact) mass is 374 g/mol. The zero-order chi connectivity index (χ0) is 19.4. The quantitative estimate of drug-likeness (QED) is 0.844. The predicted octanol–water partition coefficient (Wildman–Crippen LogP) is 4.38. The molecule has 1 aliphatic carbocycles. The summed E-state index contributed by atoms with van der Waals surface area (Å²) in [6, 6.07) is 3.92. The van der Waals surface area contributed by atoms with Crippen molar-refractivity contribution in [1.82, 2.24) is 9.88 Å². The normalized spacial score (nSPS) is 15.9. The summed E-state index contributed by atoms with van der Waals surface area (Å²) in [6.07, 6.45) is 8.36. The molecule has 1 heterocycles. The van der Waals surface area contributed by atoms with Crippen LogP contribution in [0.5, 0.6) is 17.2 Å². The molecule has 1 amide bonds. The van der Waals surface area contributed by atoms with Crippen molar-refractivity contribution in [3.8, 4) is 17.2 Å². The number of rotatable bonds is 5. The van der Waals surface area contributed by atoms with Gasteiger partial charge in [-0.15, -0.1) is 0 Å². The van der Waals surface area contributed by atoms with Gasteiger partial charge in [-0.05, 0) is 18.9 Å². The molecule has 3 rings (SSSR count). The van der Waals surface area contributed by atoms with E-state index >= 15 is 0 Å². The number of carbonyl (C=O) groups excluding carboxylic acids is 1. The van der Waals surface area contributed by atoms with Crippen molar-refractivity contribution < 1.29 is 19.0 Å². The number of ether oxygens (including phenoxy) is 3. The molecule has 1 fully saturated rings. The van der Waals surface area contributed by atoms with E-state index in [4.69, 9.17) is 14.2 Å². The van der Waals surface area contributed by atoms with Gasteiger partial charge in [-0.25, -0.2) is 0 Å². The topological polar surface area (TPSA) is 63.8 Å². The lowest BCUT2D eigenvalue weighted by atomic mass is 9.95. The van der Waals surface area contributed by atoms with Crippen molar-refractivity contribution in [2.45, 2.75) is 51.0 Å². The van der Waals surface area contributed by atoms with Crippen molar-refractivity contribution in [3.05, 3.63) is 17.8 Å². The standard InChI is InChI=1S/C21H30N2O4/c1-23(14-10-8-6-5-7-9-11-14)21(24)16-12-15-17(25-2)13-18(26-3)20(27-4)19(15)22-16/h12-14,22H,5-11H2,1-4H3. The Kier molecular flexibility index (Phi) is 6.14. The molecule has 0 atom stereocenters. The molecule has 1 saturated carbocycles. The van der Waals surface area contributed by atoms with Gasteiger partial charge in [-0.1, -0.05) is 32.1 Å². The molecule has 0 saturated heterocycles. The van der Waals surface area contributed by atoms with E-state index in [1.807, 2.05) is 18.0 Å². The lowest BCUT2D eigenvalue weighted by Crippen LogP contribution is -2.37. The van der Waals surface area contributed by atoms with Crippen LogP contribution in [0.1, 0.15) is 55.4 Å². The molecule has 0 bridgehead atoms. The van der Waals surface area contributed by atoms with Crippen LogP contribution in [0.4, 0.5) is 0 Å². The van der Waals surface area contributed by atoms with Crippen molar-refractivity contribution in [2.24, 2.45) is 0 Å². The number of benzene rings is 1. The Bertz CT molecular complexity index is 791. The van der Waals surface area contributed by atoms with Crippen molar-refractivity contribution in [3.63, 3.8) is 0 Å². The number of fused-ring (bicyclic) bond motifs is 1. The zero-order valence-corrected chi connectivity index (χ0v) is 16.8. The summed E-state index contributed by atoms with van der Waals surface area (Å²) in [6.45, 7) is 0. The number of nitrogens with zero attached hydrogens (tertiary/aromatic N) is 1. The fraction of sp³-hybridized carbons (Fsp3) is 0.571. The Morgan fingerprint density at radius 1 is 0.963 bits per heavy atom. The molecule has 148 valence electrons. The van der Waals surface area contributed by atoms with Gasteiger partial charge in [0.1, 0.15) is 11.4 Å². The highest BCUT2D eigenvalue weighted by Crippen LogP contribution is 2.41. The van der Waals surface area contributed by atoms with E-state index in [2.05, 4.69) is 4.98 Å². The molecule has 1 N–H and O–H groups in total. The molecule has 1 aromatic carbocycles. The SMILES string of the molecule is COc1cc(OC)c2cc(C(=O)N(C)C3CCCCCCC3)[nH]c2c1OC. The summed E-state index contributed by atoms with van der Waals surface area (Å²) in [5.41, 5.74) is 1.25. The third kappa shape index (κ3) is 3.84. The van der Waals surface area contributed by atoms with Crippen LogP contribution in [0.25, 0.3) is 10.9 Å². The van der Waals surface area contributed by atoms with Crippen molar-refractivity contribution in [2.75, 3.05) is 28.4 Å². The minimum Gasteiger partial charge on any atom is -0.496 e. The summed E-state index contributed by atoms with van der Waals surface area (Å²) in [5.74, 6) is 1.78. The van der Waals surface area contributed by atoms with Gasteiger partial charge in [0.25, 0.3) is 5.91 Å². The zero-order valence-electron chi connectivity index (χ0n) is 16.8. The van der Waals surface area contributed by atoms with Crippen LogP contribution in [0, 0.1) is 0 Å². The highest BCUT2D eigenvalue weighted by atomic mass is 16.5. The largest absolute Gasteiger partial charge is 0.496 e. The number of hydrogen-bond donors (Lipinski definition) is 1. The predicted molar refractivity (Wildman–Crippen MR) is 106 cm³/mol. The van der Waals surface area contributed by atoms with E-state index in [-0.39, 0.29) is 5.91 Å². The lowest BCUT2D eigenvalue weighted by Gasteiger charge is -2.29. The summed E-state index contributed by atoms with van der Waals surface area (Å²) in [7, 11) is 6.69. The fourth-order valence-electron chi connectivity index (χ4n) is 4.03. The van der Waals surface area contributed by atoms with Gasteiger partial charge in [0.15, 0.2) is 11.5 Å². The van der Waals surface area contributed by atoms with Crippen LogP contribution in [-0.2, 0) is 0 Å². The van der Waals surface area contributed by atoms with Gasteiger partial charge in [0, 0.05) is 24.5 Å². The molecule has 0 aliphatic heterocycles. The Hall–Kier alpha value is -2.37. The van der Waals surface area contributed by atoms with Gasteiger partial charge in [-0.3, -0.25) is 4.79 Å². The van der Waals surface area contributed by atoms with Crippen LogP contribution in [0.3, 0.4) is 0 Å². The minimum atomic E-state index is -0.000142. The number of hydrogen-bond acceptors (Lipinski definition) is 4. The second-order valence-electron chi connectivity index (χ2n) is 7.20. The second-order valence-corrected chi connectivity index (χ2v) is 7.20. The number of aromatic nitrogens is 1. The number of carbonyl (C=O) groups is 1. The molecule has 6 nitrogen and oxygen atoms in total. The number of H-pyrrole nitrogens is 1. The summed E-state index contributed by atoms with van der Waals surface area (Å²) in [5, 5.41) is 0.810. The maximum Gasteiger partial charge on any atom is 0.270 e. The van der Waals surface area contributed by atoms with Crippen LogP contribution in [0.15, 0.2) is 12.1 Å². The summed E-state index contributed by atoms with van der Waals surface area (Å²) in [4.78, 5) is 18.3. The maximum absolute atomic E-state index is 13.1. The van der Waals surface area contributed by atoms with E-state index < -0.39 is 0 Å². The first-order chi connectivity index (χ1) is 13.1. The second kappa shape index (κ2) is 8.55. The van der Waals surface area contributed by atoms with Crippen molar-refractivity contribution >= 4 is 16.8 Å². The molecule has 0 radical (unpaired) electrons. The molecule has 1 aromatic heterocycles. The van der Waals surface area contributed by atoms with E-state index in [0.29, 0.717) is 34.5 Å². The summed E-state index contributed by atoms with van der Waals surface area (Å²) >= 11 is 0. The summed E-state index contributed by atoms with van der Waals surface area (Å²) < 4.78 is 16.4. The smallest absolute Gasteiger partial charge is 0.270 e. The average molecular weight is 374 g/mol. The average Bonchev–Trinajstić information content (AvgIpc) is 3.10. The van der Waals surface area contributed by atoms with E-state index in [9.17, 15) is 4.79 Å². The van der Waals surface area contributed by atoms with Gasteiger partial charge < -0.3 is 24.1 Å². The van der Waals surface area contributed by atoms with Crippen LogP contribution in [-0.4, -0.2) is 50.2 Å². The first-order valence-electron chi connectivity index (χ1n) is 9.69. The Labute approximate surface area is 160 Å². The first kappa shape index (κ1) is 19.4. The molecule has 27 heavy (non-hydrogen) atoms. The number of methoxy groups -OCH3 is 3. The molecule has 0 spiro atoms. The molecular formula is C21H30N2O4.